The van der Waals surface area contributed by atoms with Crippen LogP contribution in [0.4, 0.5) is 14.6 Å². The van der Waals surface area contributed by atoms with Gasteiger partial charge in [0.15, 0.2) is 12.4 Å². The van der Waals surface area contributed by atoms with Crippen LogP contribution in [-0.2, 0) is 4.79 Å². The predicted molar refractivity (Wildman–Crippen MR) is 104 cm³/mol. The quantitative estimate of drug-likeness (QED) is 0.692. The number of anilines is 1. The molecule has 29 heavy (non-hydrogen) atoms. The van der Waals surface area contributed by atoms with Crippen LogP contribution in [0.3, 0.4) is 0 Å². The number of nitrogens with one attached hydrogen (secondary N) is 1. The zero-order chi connectivity index (χ0) is 20.5. The lowest BCUT2D eigenvalue weighted by Crippen LogP contribution is -2.20. The topological polar surface area (TPSA) is 82.2 Å². The van der Waals surface area contributed by atoms with Gasteiger partial charge >= 0.3 is 0 Å². The molecular formula is C21H18F2N4O2. The van der Waals surface area contributed by atoms with Gasteiger partial charge in [0.25, 0.3) is 5.91 Å². The van der Waals surface area contributed by atoms with Gasteiger partial charge in [0, 0.05) is 23.2 Å². The van der Waals surface area contributed by atoms with E-state index in [0.29, 0.717) is 18.0 Å². The van der Waals surface area contributed by atoms with E-state index in [1.807, 2.05) is 12.1 Å². The lowest BCUT2D eigenvalue weighted by Gasteiger charge is -2.26. The lowest BCUT2D eigenvalue weighted by molar-refractivity contribution is -0.119. The average Bonchev–Trinajstić information content (AvgIpc) is 3.09. The van der Waals surface area contributed by atoms with Crippen LogP contribution in [0.25, 0.3) is 5.69 Å². The van der Waals surface area contributed by atoms with E-state index < -0.39 is 17.5 Å². The highest BCUT2D eigenvalue weighted by Gasteiger charge is 2.28. The maximum absolute atomic E-state index is 14.3. The largest absolute Gasteiger partial charge is 0.484 e. The first kappa shape index (κ1) is 18.7. The van der Waals surface area contributed by atoms with Crippen LogP contribution in [0.1, 0.15) is 23.5 Å². The van der Waals surface area contributed by atoms with Gasteiger partial charge in [-0.3, -0.25) is 4.79 Å². The molecule has 3 N–H and O–H groups in total. The number of primary amides is 1. The molecule has 0 spiro atoms. The standard InChI is InChI=1S/C21H18F2N4O2/c1-12-8-16(13-2-5-15(6-3-13)29-11-20(24)28)17-10-25-27(21(17)26-12)19-7-4-14(22)9-18(19)23/h2-7,9-10,16,26H,1,8,11H2,(H2,24,28). The highest BCUT2D eigenvalue weighted by atomic mass is 19.1. The number of allylic oxidation sites excluding steroid dienone is 1. The minimum Gasteiger partial charge on any atom is -0.484 e. The van der Waals surface area contributed by atoms with Crippen molar-refractivity contribution in [3.05, 3.63) is 83.7 Å². The molecule has 1 aliphatic heterocycles. The van der Waals surface area contributed by atoms with E-state index in [9.17, 15) is 13.6 Å². The van der Waals surface area contributed by atoms with Crippen LogP contribution < -0.4 is 15.8 Å². The Hall–Kier alpha value is -3.68. The molecule has 3 aromatic rings. The summed E-state index contributed by atoms with van der Waals surface area (Å²) in [5, 5.41) is 7.47. The third-order valence-electron chi connectivity index (χ3n) is 4.72. The second-order valence-corrected chi connectivity index (χ2v) is 6.77. The third kappa shape index (κ3) is 3.69. The summed E-state index contributed by atoms with van der Waals surface area (Å²) in [7, 11) is 0. The molecule has 0 aliphatic carbocycles. The molecule has 8 heteroatoms. The Morgan fingerprint density at radius 3 is 2.72 bits per heavy atom. The highest BCUT2D eigenvalue weighted by Crippen LogP contribution is 2.41. The highest BCUT2D eigenvalue weighted by molar-refractivity contribution is 5.75. The van der Waals surface area contributed by atoms with Crippen molar-refractivity contribution < 1.29 is 18.3 Å². The number of carbonyl (C=O) groups is 1. The first-order chi connectivity index (χ1) is 13.9. The molecule has 0 bridgehead atoms. The predicted octanol–water partition coefficient (Wildman–Crippen LogP) is 3.48. The molecule has 0 saturated heterocycles. The maximum atomic E-state index is 14.3. The monoisotopic (exact) mass is 396 g/mol. The summed E-state index contributed by atoms with van der Waals surface area (Å²) in [5.74, 6) is -0.840. The Balaban J connectivity index is 1.68. The smallest absolute Gasteiger partial charge is 0.255 e. The summed E-state index contributed by atoms with van der Waals surface area (Å²) in [6.45, 7) is 3.83. The molecule has 148 valence electrons. The van der Waals surface area contributed by atoms with Crippen LogP contribution in [0.2, 0.25) is 0 Å². The SMILES string of the molecule is C=C1CC(c2ccc(OCC(N)=O)cc2)c2cnn(-c3ccc(F)cc3F)c2N1. The number of hydrogen-bond acceptors (Lipinski definition) is 4. The molecule has 0 fully saturated rings. The number of aromatic nitrogens is 2. The summed E-state index contributed by atoms with van der Waals surface area (Å²) in [6, 6.07) is 10.6. The molecule has 4 rings (SSSR count). The number of nitrogens with two attached hydrogens (primary N) is 1. The number of halogens is 2. The summed E-state index contributed by atoms with van der Waals surface area (Å²) in [4.78, 5) is 10.8. The molecule has 1 aliphatic rings. The van der Waals surface area contributed by atoms with Gasteiger partial charge in [-0.15, -0.1) is 0 Å². The minimum absolute atomic E-state index is 0.0544. The van der Waals surface area contributed by atoms with Crippen molar-refractivity contribution in [2.45, 2.75) is 12.3 Å². The third-order valence-corrected chi connectivity index (χ3v) is 4.72. The van der Waals surface area contributed by atoms with Crippen molar-refractivity contribution in [2.75, 3.05) is 11.9 Å². The van der Waals surface area contributed by atoms with E-state index in [2.05, 4.69) is 17.0 Å². The minimum atomic E-state index is -0.707. The lowest BCUT2D eigenvalue weighted by atomic mass is 9.86. The molecule has 1 aromatic heterocycles. The normalized spacial score (nSPS) is 15.5. The van der Waals surface area contributed by atoms with Gasteiger partial charge in [-0.1, -0.05) is 18.7 Å². The second-order valence-electron chi connectivity index (χ2n) is 6.77. The fraction of sp³-hybridized carbons (Fsp3) is 0.143. The van der Waals surface area contributed by atoms with E-state index in [4.69, 9.17) is 10.5 Å². The van der Waals surface area contributed by atoms with Gasteiger partial charge in [-0.25, -0.2) is 13.5 Å². The van der Waals surface area contributed by atoms with Crippen LogP contribution >= 0.6 is 0 Å². The van der Waals surface area contributed by atoms with Gasteiger partial charge in [0.1, 0.15) is 23.1 Å². The average molecular weight is 396 g/mol. The van der Waals surface area contributed by atoms with Crippen molar-refractivity contribution in [2.24, 2.45) is 5.73 Å². The first-order valence-electron chi connectivity index (χ1n) is 8.91. The Labute approximate surface area is 165 Å². The number of benzene rings is 2. The van der Waals surface area contributed by atoms with E-state index >= 15 is 0 Å². The van der Waals surface area contributed by atoms with Crippen molar-refractivity contribution >= 4 is 11.7 Å². The summed E-state index contributed by atoms with van der Waals surface area (Å²) >= 11 is 0. The van der Waals surface area contributed by atoms with Crippen LogP contribution in [0.15, 0.2) is 60.9 Å². The number of fused-ring (bicyclic) bond motifs is 1. The number of amides is 1. The fourth-order valence-electron chi connectivity index (χ4n) is 3.40. The second kappa shape index (κ2) is 7.38. The molecule has 1 unspecified atom stereocenters. The number of carbonyl (C=O) groups excluding carboxylic acids is 1. The van der Waals surface area contributed by atoms with E-state index in [1.54, 1.807) is 18.3 Å². The summed E-state index contributed by atoms with van der Waals surface area (Å²) in [5.41, 5.74) is 7.83. The van der Waals surface area contributed by atoms with Crippen LogP contribution in [-0.4, -0.2) is 22.3 Å². The molecule has 2 heterocycles. The van der Waals surface area contributed by atoms with Gasteiger partial charge in [-0.2, -0.15) is 5.10 Å². The fourth-order valence-corrected chi connectivity index (χ4v) is 3.40. The zero-order valence-corrected chi connectivity index (χ0v) is 15.4. The van der Waals surface area contributed by atoms with Crippen molar-refractivity contribution in [1.82, 2.24) is 9.78 Å². The van der Waals surface area contributed by atoms with Crippen molar-refractivity contribution in [3.8, 4) is 11.4 Å². The summed E-state index contributed by atoms with van der Waals surface area (Å²) < 4.78 is 34.2. The Morgan fingerprint density at radius 1 is 1.28 bits per heavy atom. The van der Waals surface area contributed by atoms with E-state index in [-0.39, 0.29) is 18.2 Å². The zero-order valence-electron chi connectivity index (χ0n) is 15.4. The first-order valence-corrected chi connectivity index (χ1v) is 8.91. The van der Waals surface area contributed by atoms with E-state index in [1.165, 1.54) is 16.8 Å². The van der Waals surface area contributed by atoms with Crippen molar-refractivity contribution in [1.29, 1.82) is 0 Å². The molecule has 2 aromatic carbocycles. The molecule has 0 saturated carbocycles. The number of hydrogen-bond donors (Lipinski definition) is 2. The summed E-state index contributed by atoms with van der Waals surface area (Å²) in [6.07, 6.45) is 2.30. The maximum Gasteiger partial charge on any atom is 0.255 e. The Kier molecular flexibility index (Phi) is 4.75. The molecule has 1 atom stereocenters. The number of nitrogens with zero attached hydrogens (tertiary/aromatic N) is 2. The van der Waals surface area contributed by atoms with E-state index in [0.717, 1.165) is 22.9 Å². The van der Waals surface area contributed by atoms with Gasteiger partial charge in [-0.05, 0) is 36.2 Å². The Bertz CT molecular complexity index is 1090. The number of ether oxygens (including phenoxy) is 1. The van der Waals surface area contributed by atoms with Crippen LogP contribution in [0, 0.1) is 11.6 Å². The van der Waals surface area contributed by atoms with Gasteiger partial charge in [0.2, 0.25) is 0 Å². The van der Waals surface area contributed by atoms with Crippen LogP contribution in [0.5, 0.6) is 5.75 Å². The molecule has 0 radical (unpaired) electrons. The van der Waals surface area contributed by atoms with Gasteiger partial charge < -0.3 is 15.8 Å². The van der Waals surface area contributed by atoms with Gasteiger partial charge in [0.05, 0.1) is 6.20 Å². The molecule has 6 nitrogen and oxygen atoms in total. The van der Waals surface area contributed by atoms with Crippen molar-refractivity contribution in [3.63, 3.8) is 0 Å². The Morgan fingerprint density at radius 2 is 2.03 bits per heavy atom. The number of rotatable bonds is 5. The molecular weight excluding hydrogens is 378 g/mol. The molecule has 1 amide bonds.